The van der Waals surface area contributed by atoms with Crippen LogP contribution >= 0.6 is 0 Å². The van der Waals surface area contributed by atoms with Crippen LogP contribution < -0.4 is 14.8 Å². The van der Waals surface area contributed by atoms with E-state index in [0.29, 0.717) is 25.3 Å². The Labute approximate surface area is 189 Å². The number of nitrogens with one attached hydrogen (secondary N) is 1. The fourth-order valence-corrected chi connectivity index (χ4v) is 3.83. The maximum Gasteiger partial charge on any atom is 0.194 e. The molecule has 174 valence electrons. The molecule has 1 heterocycles. The summed E-state index contributed by atoms with van der Waals surface area (Å²) in [5.41, 5.74) is 1.76. The van der Waals surface area contributed by atoms with Crippen molar-refractivity contribution in [3.05, 3.63) is 53.3 Å². The smallest absolute Gasteiger partial charge is 0.194 e. The van der Waals surface area contributed by atoms with Crippen LogP contribution in [-0.4, -0.2) is 74.4 Å². The second kappa shape index (κ2) is 11.6. The number of hydrogen-bond donors (Lipinski definition) is 2. The Morgan fingerprint density at radius 2 is 1.84 bits per heavy atom. The second-order valence-corrected chi connectivity index (χ2v) is 7.69. The van der Waals surface area contributed by atoms with Gasteiger partial charge in [0.25, 0.3) is 0 Å². The van der Waals surface area contributed by atoms with Crippen molar-refractivity contribution in [1.82, 2.24) is 15.1 Å². The van der Waals surface area contributed by atoms with Crippen LogP contribution in [0, 0.1) is 5.82 Å². The number of benzene rings is 2. The molecule has 0 atom stereocenters. The molecule has 1 aliphatic rings. The Bertz CT molecular complexity index is 914. The van der Waals surface area contributed by atoms with Crippen LogP contribution in [0.3, 0.4) is 0 Å². The molecule has 0 saturated carbocycles. The molecule has 0 spiro atoms. The van der Waals surface area contributed by atoms with Gasteiger partial charge in [-0.1, -0.05) is 18.2 Å². The SMILES string of the molecule is CCNC(=NCCc1cccc(OC)c1O)N1CCN(Cc2ccc(OC)c(F)c2)CC1. The molecule has 32 heavy (non-hydrogen) atoms. The third kappa shape index (κ3) is 6.03. The van der Waals surface area contributed by atoms with Crippen LogP contribution in [-0.2, 0) is 13.0 Å². The van der Waals surface area contributed by atoms with Crippen molar-refractivity contribution in [1.29, 1.82) is 0 Å². The fourth-order valence-electron chi connectivity index (χ4n) is 3.83. The van der Waals surface area contributed by atoms with E-state index < -0.39 is 0 Å². The summed E-state index contributed by atoms with van der Waals surface area (Å²) >= 11 is 0. The van der Waals surface area contributed by atoms with Crippen molar-refractivity contribution in [2.24, 2.45) is 4.99 Å². The van der Waals surface area contributed by atoms with Crippen LogP contribution in [0.4, 0.5) is 4.39 Å². The molecule has 0 bridgehead atoms. The molecule has 1 fully saturated rings. The van der Waals surface area contributed by atoms with Gasteiger partial charge in [0.1, 0.15) is 0 Å². The summed E-state index contributed by atoms with van der Waals surface area (Å²) in [4.78, 5) is 9.33. The topological polar surface area (TPSA) is 69.6 Å². The molecule has 0 amide bonds. The van der Waals surface area contributed by atoms with Gasteiger partial charge >= 0.3 is 0 Å². The highest BCUT2D eigenvalue weighted by Crippen LogP contribution is 2.29. The zero-order chi connectivity index (χ0) is 22.9. The van der Waals surface area contributed by atoms with Gasteiger partial charge < -0.3 is 24.8 Å². The van der Waals surface area contributed by atoms with Crippen LogP contribution in [0.25, 0.3) is 0 Å². The number of phenols is 1. The van der Waals surface area contributed by atoms with E-state index in [9.17, 15) is 9.50 Å². The van der Waals surface area contributed by atoms with Gasteiger partial charge in [0.2, 0.25) is 0 Å². The summed E-state index contributed by atoms with van der Waals surface area (Å²) in [6.07, 6.45) is 0.626. The minimum absolute atomic E-state index is 0.179. The van der Waals surface area contributed by atoms with E-state index in [1.54, 1.807) is 25.3 Å². The number of rotatable bonds is 8. The van der Waals surface area contributed by atoms with Crippen LogP contribution in [0.15, 0.2) is 41.4 Å². The number of phenolic OH excluding ortho intramolecular Hbond substituents is 1. The highest BCUT2D eigenvalue weighted by atomic mass is 19.1. The van der Waals surface area contributed by atoms with E-state index in [2.05, 4.69) is 22.0 Å². The number of guanidine groups is 1. The Morgan fingerprint density at radius 1 is 1.09 bits per heavy atom. The molecule has 1 aliphatic heterocycles. The maximum absolute atomic E-state index is 14.0. The van der Waals surface area contributed by atoms with Crippen LogP contribution in [0.2, 0.25) is 0 Å². The molecule has 2 aromatic rings. The Hall–Kier alpha value is -3.00. The lowest BCUT2D eigenvalue weighted by Gasteiger charge is -2.36. The standard InChI is InChI=1S/C24H33FN4O3/c1-4-26-24(27-11-10-19-6-5-7-22(32-3)23(19)30)29-14-12-28(13-15-29)17-18-8-9-21(31-2)20(25)16-18/h5-9,16,30H,4,10-15,17H2,1-3H3,(H,26,27). The third-order valence-electron chi connectivity index (χ3n) is 5.57. The summed E-state index contributed by atoms with van der Waals surface area (Å²) in [6.45, 7) is 7.53. The molecular formula is C24H33FN4O3. The summed E-state index contributed by atoms with van der Waals surface area (Å²) in [5, 5.41) is 13.6. The van der Waals surface area contributed by atoms with Gasteiger partial charge in [-0.3, -0.25) is 9.89 Å². The first kappa shape index (κ1) is 23.7. The Balaban J connectivity index is 1.55. The zero-order valence-corrected chi connectivity index (χ0v) is 19.1. The van der Waals surface area contributed by atoms with Gasteiger partial charge in [-0.2, -0.15) is 0 Å². The molecule has 2 aromatic carbocycles. The Morgan fingerprint density at radius 3 is 2.50 bits per heavy atom. The molecule has 1 saturated heterocycles. The average Bonchev–Trinajstić information content (AvgIpc) is 2.80. The monoisotopic (exact) mass is 444 g/mol. The van der Waals surface area contributed by atoms with Gasteiger partial charge in [0.15, 0.2) is 29.0 Å². The quantitative estimate of drug-likeness (QED) is 0.482. The molecule has 8 heteroatoms. The van der Waals surface area contributed by atoms with Gasteiger partial charge in [0.05, 0.1) is 14.2 Å². The van der Waals surface area contributed by atoms with Gasteiger partial charge in [-0.15, -0.1) is 0 Å². The number of para-hydroxylation sites is 1. The van der Waals surface area contributed by atoms with Crippen LogP contribution in [0.1, 0.15) is 18.1 Å². The number of nitrogens with zero attached hydrogens (tertiary/aromatic N) is 3. The highest BCUT2D eigenvalue weighted by Gasteiger charge is 2.20. The number of aliphatic imine (C=N–C) groups is 1. The predicted molar refractivity (Wildman–Crippen MR) is 124 cm³/mol. The first-order chi connectivity index (χ1) is 15.5. The van der Waals surface area contributed by atoms with E-state index in [-0.39, 0.29) is 17.3 Å². The summed E-state index contributed by atoms with van der Waals surface area (Å²) in [7, 11) is 3.02. The third-order valence-corrected chi connectivity index (χ3v) is 5.57. The lowest BCUT2D eigenvalue weighted by molar-refractivity contribution is 0.172. The second-order valence-electron chi connectivity index (χ2n) is 7.69. The van der Waals surface area contributed by atoms with E-state index in [1.165, 1.54) is 7.11 Å². The van der Waals surface area contributed by atoms with E-state index in [0.717, 1.165) is 49.8 Å². The highest BCUT2D eigenvalue weighted by molar-refractivity contribution is 5.80. The molecule has 0 aromatic heterocycles. The maximum atomic E-state index is 14.0. The number of halogens is 1. The van der Waals surface area contributed by atoms with Gasteiger partial charge in [-0.25, -0.2) is 4.39 Å². The van der Waals surface area contributed by atoms with E-state index in [1.807, 2.05) is 18.2 Å². The summed E-state index contributed by atoms with van der Waals surface area (Å²) in [5.74, 6) is 1.48. The molecule has 2 N–H and O–H groups in total. The van der Waals surface area contributed by atoms with Gasteiger partial charge in [-0.05, 0) is 42.7 Å². The first-order valence-corrected chi connectivity index (χ1v) is 11.0. The molecule has 0 aliphatic carbocycles. The predicted octanol–water partition coefficient (Wildman–Crippen LogP) is 2.87. The van der Waals surface area contributed by atoms with Crippen molar-refractivity contribution in [2.45, 2.75) is 19.9 Å². The van der Waals surface area contributed by atoms with Crippen molar-refractivity contribution in [3.63, 3.8) is 0 Å². The summed E-state index contributed by atoms with van der Waals surface area (Å²) in [6, 6.07) is 10.6. The van der Waals surface area contributed by atoms with Gasteiger partial charge in [0, 0.05) is 45.8 Å². The molecular weight excluding hydrogens is 411 g/mol. The van der Waals surface area contributed by atoms with Crippen LogP contribution in [0.5, 0.6) is 17.2 Å². The van der Waals surface area contributed by atoms with Crippen molar-refractivity contribution >= 4 is 5.96 Å². The minimum atomic E-state index is -0.327. The zero-order valence-electron chi connectivity index (χ0n) is 19.1. The first-order valence-electron chi connectivity index (χ1n) is 11.0. The summed E-state index contributed by atoms with van der Waals surface area (Å²) < 4.78 is 24.1. The average molecular weight is 445 g/mol. The largest absolute Gasteiger partial charge is 0.504 e. The normalized spacial score (nSPS) is 15.0. The Kier molecular flexibility index (Phi) is 8.56. The molecule has 0 radical (unpaired) electrons. The minimum Gasteiger partial charge on any atom is -0.504 e. The van der Waals surface area contributed by atoms with Crippen molar-refractivity contribution < 1.29 is 19.0 Å². The number of methoxy groups -OCH3 is 2. The number of hydrogen-bond acceptors (Lipinski definition) is 5. The lowest BCUT2D eigenvalue weighted by Crippen LogP contribution is -2.52. The molecule has 7 nitrogen and oxygen atoms in total. The lowest BCUT2D eigenvalue weighted by atomic mass is 10.1. The number of ether oxygens (including phenoxy) is 2. The van der Waals surface area contributed by atoms with E-state index >= 15 is 0 Å². The van der Waals surface area contributed by atoms with E-state index in [4.69, 9.17) is 14.5 Å². The fraction of sp³-hybridized carbons (Fsp3) is 0.458. The number of aromatic hydroxyl groups is 1. The van der Waals surface area contributed by atoms with Crippen molar-refractivity contribution in [3.8, 4) is 17.2 Å². The number of piperazine rings is 1. The van der Waals surface area contributed by atoms with Crippen molar-refractivity contribution in [2.75, 3.05) is 53.5 Å². The molecule has 0 unspecified atom stereocenters. The molecule has 3 rings (SSSR count).